The van der Waals surface area contributed by atoms with Crippen molar-refractivity contribution in [1.82, 2.24) is 16.2 Å². The van der Waals surface area contributed by atoms with Gasteiger partial charge in [0.05, 0.1) is 0 Å². The Balaban J connectivity index is 1.45. The minimum absolute atomic E-state index is 0.0189. The number of carbonyl (C=O) groups is 3. The molecule has 0 heterocycles. The minimum Gasteiger partial charge on any atom is -0.322 e. The number of thiocarbonyl (C=S) groups is 1. The fourth-order valence-corrected chi connectivity index (χ4v) is 4.07. The lowest BCUT2D eigenvalue weighted by Gasteiger charge is -2.19. The van der Waals surface area contributed by atoms with Crippen LogP contribution in [0.4, 0.5) is 5.69 Å². The van der Waals surface area contributed by atoms with Gasteiger partial charge < -0.3 is 10.6 Å². The van der Waals surface area contributed by atoms with Crippen LogP contribution in [-0.2, 0) is 10.2 Å². The number of carbonyl (C=O) groups excluding carboxylic acids is 3. The second-order valence-corrected chi connectivity index (χ2v) is 10.1. The summed E-state index contributed by atoms with van der Waals surface area (Å²) < 4.78 is 0. The van der Waals surface area contributed by atoms with Crippen LogP contribution in [0.5, 0.6) is 0 Å². The molecule has 0 spiro atoms. The van der Waals surface area contributed by atoms with E-state index in [1.165, 1.54) is 12.8 Å². The second kappa shape index (κ2) is 11.2. The summed E-state index contributed by atoms with van der Waals surface area (Å²) in [5.41, 5.74) is 7.70. The largest absolute Gasteiger partial charge is 0.322 e. The van der Waals surface area contributed by atoms with E-state index in [4.69, 9.17) is 12.2 Å². The van der Waals surface area contributed by atoms with E-state index in [1.54, 1.807) is 36.4 Å². The summed E-state index contributed by atoms with van der Waals surface area (Å²) >= 11 is 5.08. The monoisotopic (exact) mass is 480 g/mol. The van der Waals surface area contributed by atoms with Crippen LogP contribution in [0.1, 0.15) is 79.2 Å². The summed E-state index contributed by atoms with van der Waals surface area (Å²) in [5.74, 6) is -0.368. The zero-order chi connectivity index (χ0) is 24.7. The standard InChI is InChI=1S/C26H32N4O3S/c1-26(2,3)20-12-8-18(9-13-20)23(32)27-21-14-10-19(11-15-21)24(33)29-30-25(34)28-22(31)16-17-6-4-5-7-17/h8-15,17H,4-7,16H2,1-3H3,(H,27,32)(H,29,33)(H2,28,30,31,34). The molecule has 1 aliphatic rings. The van der Waals surface area contributed by atoms with Crippen LogP contribution in [0.25, 0.3) is 0 Å². The minimum atomic E-state index is -0.414. The van der Waals surface area contributed by atoms with Gasteiger partial charge in [-0.1, -0.05) is 45.7 Å². The molecular weight excluding hydrogens is 448 g/mol. The molecule has 8 heteroatoms. The highest BCUT2D eigenvalue weighted by Crippen LogP contribution is 2.27. The summed E-state index contributed by atoms with van der Waals surface area (Å²) in [6.07, 6.45) is 4.94. The third kappa shape index (κ3) is 7.38. The predicted molar refractivity (Wildman–Crippen MR) is 137 cm³/mol. The van der Waals surface area contributed by atoms with E-state index in [0.29, 0.717) is 29.2 Å². The molecule has 0 aromatic heterocycles. The van der Waals surface area contributed by atoms with E-state index < -0.39 is 5.91 Å². The number of hydrogen-bond donors (Lipinski definition) is 4. The number of amides is 3. The van der Waals surface area contributed by atoms with Crippen LogP contribution < -0.4 is 21.5 Å². The quantitative estimate of drug-likeness (QED) is 0.374. The van der Waals surface area contributed by atoms with Crippen molar-refractivity contribution in [3.05, 3.63) is 65.2 Å². The van der Waals surface area contributed by atoms with Crippen molar-refractivity contribution in [2.45, 2.75) is 58.3 Å². The van der Waals surface area contributed by atoms with Gasteiger partial charge in [0, 0.05) is 23.2 Å². The van der Waals surface area contributed by atoms with Crippen molar-refractivity contribution < 1.29 is 14.4 Å². The van der Waals surface area contributed by atoms with Gasteiger partial charge in [-0.05, 0) is 78.4 Å². The molecule has 3 rings (SSSR count). The van der Waals surface area contributed by atoms with Crippen molar-refractivity contribution in [2.75, 3.05) is 5.32 Å². The smallest absolute Gasteiger partial charge is 0.269 e. The van der Waals surface area contributed by atoms with Crippen LogP contribution >= 0.6 is 12.2 Å². The fraction of sp³-hybridized carbons (Fsp3) is 0.385. The van der Waals surface area contributed by atoms with E-state index in [1.807, 2.05) is 12.1 Å². The van der Waals surface area contributed by atoms with Crippen molar-refractivity contribution in [1.29, 1.82) is 0 Å². The summed E-state index contributed by atoms with van der Waals surface area (Å²) in [6.45, 7) is 6.36. The third-order valence-electron chi connectivity index (χ3n) is 5.91. The van der Waals surface area contributed by atoms with Gasteiger partial charge in [0.1, 0.15) is 0 Å². The van der Waals surface area contributed by atoms with Crippen molar-refractivity contribution in [3.8, 4) is 0 Å². The van der Waals surface area contributed by atoms with Crippen molar-refractivity contribution >= 4 is 40.7 Å². The first-order valence-electron chi connectivity index (χ1n) is 11.5. The maximum absolute atomic E-state index is 12.5. The predicted octanol–water partition coefficient (Wildman–Crippen LogP) is 4.45. The van der Waals surface area contributed by atoms with E-state index in [9.17, 15) is 14.4 Å². The molecule has 1 aliphatic carbocycles. The Labute approximate surface area is 206 Å². The lowest BCUT2D eigenvalue weighted by atomic mass is 9.87. The number of hydrazine groups is 1. The molecule has 0 bridgehead atoms. The molecule has 3 amide bonds. The maximum atomic E-state index is 12.5. The molecule has 34 heavy (non-hydrogen) atoms. The van der Waals surface area contributed by atoms with E-state index in [2.05, 4.69) is 42.3 Å². The molecule has 0 atom stereocenters. The highest BCUT2D eigenvalue weighted by atomic mass is 32.1. The van der Waals surface area contributed by atoms with Crippen LogP contribution in [0.2, 0.25) is 0 Å². The maximum Gasteiger partial charge on any atom is 0.269 e. The van der Waals surface area contributed by atoms with Crippen LogP contribution in [0.3, 0.4) is 0 Å². The van der Waals surface area contributed by atoms with Gasteiger partial charge in [-0.2, -0.15) is 0 Å². The first-order chi connectivity index (χ1) is 16.1. The van der Waals surface area contributed by atoms with Crippen LogP contribution in [0.15, 0.2) is 48.5 Å². The molecule has 2 aromatic carbocycles. The van der Waals surface area contributed by atoms with Crippen LogP contribution in [0, 0.1) is 5.92 Å². The summed E-state index contributed by atoms with van der Waals surface area (Å²) in [6, 6.07) is 14.0. The molecule has 7 nitrogen and oxygen atoms in total. The molecule has 1 fully saturated rings. The first-order valence-corrected chi connectivity index (χ1v) is 11.9. The number of benzene rings is 2. The summed E-state index contributed by atoms with van der Waals surface area (Å²) in [4.78, 5) is 36.9. The third-order valence-corrected chi connectivity index (χ3v) is 6.11. The molecule has 4 N–H and O–H groups in total. The molecule has 0 radical (unpaired) electrons. The Bertz CT molecular complexity index is 1040. The van der Waals surface area contributed by atoms with E-state index in [-0.39, 0.29) is 22.3 Å². The second-order valence-electron chi connectivity index (χ2n) is 9.67. The number of anilines is 1. The Morgan fingerprint density at radius 2 is 1.41 bits per heavy atom. The van der Waals surface area contributed by atoms with E-state index >= 15 is 0 Å². The van der Waals surface area contributed by atoms with Crippen molar-refractivity contribution in [2.24, 2.45) is 5.92 Å². The van der Waals surface area contributed by atoms with E-state index in [0.717, 1.165) is 18.4 Å². The molecule has 0 saturated heterocycles. The topological polar surface area (TPSA) is 99.3 Å². The molecule has 180 valence electrons. The summed E-state index contributed by atoms with van der Waals surface area (Å²) in [5, 5.41) is 5.47. The SMILES string of the molecule is CC(C)(C)c1ccc(C(=O)Nc2ccc(C(=O)NNC(=S)NC(=O)CC3CCCC3)cc2)cc1. The summed E-state index contributed by atoms with van der Waals surface area (Å²) in [7, 11) is 0. The fourth-order valence-electron chi connectivity index (χ4n) is 3.90. The average Bonchev–Trinajstić information content (AvgIpc) is 3.30. The average molecular weight is 481 g/mol. The highest BCUT2D eigenvalue weighted by molar-refractivity contribution is 7.80. The molecule has 0 unspecified atom stereocenters. The van der Waals surface area contributed by atoms with Gasteiger partial charge in [-0.3, -0.25) is 25.2 Å². The highest BCUT2D eigenvalue weighted by Gasteiger charge is 2.19. The molecule has 1 saturated carbocycles. The van der Waals surface area contributed by atoms with Crippen LogP contribution in [-0.4, -0.2) is 22.8 Å². The van der Waals surface area contributed by atoms with Gasteiger partial charge in [-0.15, -0.1) is 0 Å². The zero-order valence-electron chi connectivity index (χ0n) is 19.9. The normalized spacial score (nSPS) is 13.7. The number of nitrogens with one attached hydrogen (secondary N) is 4. The first kappa shape index (κ1) is 25.4. The lowest BCUT2D eigenvalue weighted by molar-refractivity contribution is -0.120. The zero-order valence-corrected chi connectivity index (χ0v) is 20.7. The van der Waals surface area contributed by atoms with Gasteiger partial charge in [0.15, 0.2) is 5.11 Å². The lowest BCUT2D eigenvalue weighted by Crippen LogP contribution is -2.48. The Morgan fingerprint density at radius 1 is 0.853 bits per heavy atom. The molecular formula is C26H32N4O3S. The van der Waals surface area contributed by atoms with Gasteiger partial charge in [-0.25, -0.2) is 0 Å². The Morgan fingerprint density at radius 3 is 2.00 bits per heavy atom. The van der Waals surface area contributed by atoms with Gasteiger partial charge in [0.25, 0.3) is 11.8 Å². The Hall–Kier alpha value is -3.26. The number of hydrogen-bond acceptors (Lipinski definition) is 4. The molecule has 2 aromatic rings. The van der Waals surface area contributed by atoms with Crippen molar-refractivity contribution in [3.63, 3.8) is 0 Å². The molecule has 0 aliphatic heterocycles. The van der Waals surface area contributed by atoms with Gasteiger partial charge >= 0.3 is 0 Å². The Kier molecular flexibility index (Phi) is 8.39. The number of rotatable bonds is 5. The van der Waals surface area contributed by atoms with Gasteiger partial charge in [0.2, 0.25) is 5.91 Å².